The molecule has 0 bridgehead atoms. The van der Waals surface area contributed by atoms with Crippen molar-refractivity contribution in [2.75, 3.05) is 25.6 Å². The number of urea groups is 1. The van der Waals surface area contributed by atoms with Gasteiger partial charge in [-0.05, 0) is 30.7 Å². The van der Waals surface area contributed by atoms with Crippen LogP contribution < -0.4 is 15.4 Å². The van der Waals surface area contributed by atoms with Crippen molar-refractivity contribution in [3.8, 4) is 11.5 Å². The Balaban J connectivity index is 2.07. The van der Waals surface area contributed by atoms with E-state index in [0.717, 1.165) is 11.3 Å². The van der Waals surface area contributed by atoms with Gasteiger partial charge in [0.05, 0.1) is 12.3 Å². The molecule has 22 heavy (non-hydrogen) atoms. The van der Waals surface area contributed by atoms with E-state index in [-0.39, 0.29) is 6.03 Å². The fraction of sp³-hybridized carbons (Fsp3) is 0.235. The minimum absolute atomic E-state index is 0.294. The van der Waals surface area contributed by atoms with Gasteiger partial charge >= 0.3 is 6.03 Å². The van der Waals surface area contributed by atoms with Crippen molar-refractivity contribution in [2.45, 2.75) is 6.92 Å². The second kappa shape index (κ2) is 8.05. The van der Waals surface area contributed by atoms with Gasteiger partial charge in [0.25, 0.3) is 0 Å². The highest BCUT2D eigenvalue weighted by molar-refractivity contribution is 5.90. The molecule has 5 nitrogen and oxygen atoms in total. The summed E-state index contributed by atoms with van der Waals surface area (Å²) in [6, 6.07) is 14.8. The predicted octanol–water partition coefficient (Wildman–Crippen LogP) is 3.56. The quantitative estimate of drug-likeness (QED) is 0.802. The van der Waals surface area contributed by atoms with E-state index in [1.54, 1.807) is 13.2 Å². The van der Waals surface area contributed by atoms with Crippen molar-refractivity contribution in [1.29, 1.82) is 0 Å². The number of rotatable bonds is 6. The van der Waals surface area contributed by atoms with Crippen molar-refractivity contribution in [2.24, 2.45) is 0 Å². The lowest BCUT2D eigenvalue weighted by Crippen LogP contribution is -2.31. The summed E-state index contributed by atoms with van der Waals surface area (Å²) < 4.78 is 10.8. The van der Waals surface area contributed by atoms with Crippen molar-refractivity contribution in [3.05, 3.63) is 54.1 Å². The summed E-state index contributed by atoms with van der Waals surface area (Å²) in [5.41, 5.74) is 1.64. The Bertz CT molecular complexity index is 629. The highest BCUT2D eigenvalue weighted by Crippen LogP contribution is 2.30. The molecule has 0 saturated heterocycles. The van der Waals surface area contributed by atoms with Gasteiger partial charge in [-0.15, -0.1) is 0 Å². The van der Waals surface area contributed by atoms with E-state index in [1.165, 1.54) is 0 Å². The van der Waals surface area contributed by atoms with Gasteiger partial charge in [0.2, 0.25) is 0 Å². The Labute approximate surface area is 130 Å². The molecular weight excluding hydrogens is 280 g/mol. The average Bonchev–Trinajstić information content (AvgIpc) is 2.52. The number of hydrogen-bond donors (Lipinski definition) is 2. The van der Waals surface area contributed by atoms with Gasteiger partial charge in [-0.25, -0.2) is 4.79 Å². The molecule has 2 N–H and O–H groups in total. The van der Waals surface area contributed by atoms with E-state index >= 15 is 0 Å². The number of para-hydroxylation sites is 3. The molecule has 2 aromatic rings. The number of nitrogens with one attached hydrogen (secondary N) is 2. The van der Waals surface area contributed by atoms with Gasteiger partial charge in [0.1, 0.15) is 5.75 Å². The van der Waals surface area contributed by atoms with Crippen LogP contribution in [0, 0.1) is 6.92 Å². The standard InChI is InChI=1S/C17H20N2O3/c1-13-7-3-5-9-15(13)22-16-10-6-4-8-14(16)19-17(20)18-11-12-21-2/h3-10H,11-12H2,1-2H3,(H2,18,19,20). The molecule has 0 heterocycles. The first kappa shape index (κ1) is 15.9. The van der Waals surface area contributed by atoms with Gasteiger partial charge in [0.15, 0.2) is 5.75 Å². The highest BCUT2D eigenvalue weighted by atomic mass is 16.5. The number of anilines is 1. The first-order valence-electron chi connectivity index (χ1n) is 7.07. The normalized spacial score (nSPS) is 10.1. The lowest BCUT2D eigenvalue weighted by atomic mass is 10.2. The van der Waals surface area contributed by atoms with Crippen molar-refractivity contribution < 1.29 is 14.3 Å². The van der Waals surface area contributed by atoms with Gasteiger partial charge in [0, 0.05) is 13.7 Å². The van der Waals surface area contributed by atoms with Crippen LogP contribution in [-0.4, -0.2) is 26.3 Å². The molecule has 0 unspecified atom stereocenters. The summed E-state index contributed by atoms with van der Waals surface area (Å²) in [5, 5.41) is 5.48. The minimum atomic E-state index is -0.294. The predicted molar refractivity (Wildman–Crippen MR) is 86.6 cm³/mol. The third-order valence-corrected chi connectivity index (χ3v) is 3.04. The van der Waals surface area contributed by atoms with Crippen LogP contribution in [0.15, 0.2) is 48.5 Å². The van der Waals surface area contributed by atoms with Gasteiger partial charge in [-0.3, -0.25) is 0 Å². The summed E-state index contributed by atoms with van der Waals surface area (Å²) >= 11 is 0. The van der Waals surface area contributed by atoms with Crippen LogP contribution in [0.25, 0.3) is 0 Å². The number of hydrogen-bond acceptors (Lipinski definition) is 3. The van der Waals surface area contributed by atoms with Crippen LogP contribution in [0.4, 0.5) is 10.5 Å². The van der Waals surface area contributed by atoms with Gasteiger partial charge in [-0.2, -0.15) is 0 Å². The van der Waals surface area contributed by atoms with Crippen LogP contribution in [0.2, 0.25) is 0 Å². The first-order valence-corrected chi connectivity index (χ1v) is 7.07. The SMILES string of the molecule is COCCNC(=O)Nc1ccccc1Oc1ccccc1C. The zero-order chi connectivity index (χ0) is 15.8. The molecule has 2 rings (SSSR count). The Kier molecular flexibility index (Phi) is 5.80. The van der Waals surface area contributed by atoms with E-state index in [9.17, 15) is 4.79 Å². The zero-order valence-corrected chi connectivity index (χ0v) is 12.8. The number of methoxy groups -OCH3 is 1. The fourth-order valence-corrected chi connectivity index (χ4v) is 1.88. The molecule has 0 aliphatic heterocycles. The lowest BCUT2D eigenvalue weighted by molar-refractivity contribution is 0.198. The van der Waals surface area contributed by atoms with Crippen LogP contribution in [0.5, 0.6) is 11.5 Å². The maximum Gasteiger partial charge on any atom is 0.319 e. The molecule has 0 saturated carbocycles. The van der Waals surface area contributed by atoms with Crippen molar-refractivity contribution in [1.82, 2.24) is 5.32 Å². The third-order valence-electron chi connectivity index (χ3n) is 3.04. The Morgan fingerprint density at radius 2 is 1.73 bits per heavy atom. The van der Waals surface area contributed by atoms with Crippen LogP contribution >= 0.6 is 0 Å². The van der Waals surface area contributed by atoms with E-state index in [1.807, 2.05) is 49.4 Å². The van der Waals surface area contributed by atoms with Crippen LogP contribution in [0.3, 0.4) is 0 Å². The van der Waals surface area contributed by atoms with Crippen molar-refractivity contribution in [3.63, 3.8) is 0 Å². The summed E-state index contributed by atoms with van der Waals surface area (Å²) in [7, 11) is 1.59. The lowest BCUT2D eigenvalue weighted by Gasteiger charge is -2.14. The minimum Gasteiger partial charge on any atom is -0.455 e. The Morgan fingerprint density at radius 1 is 1.05 bits per heavy atom. The second-order valence-corrected chi connectivity index (χ2v) is 4.74. The number of benzene rings is 2. The molecule has 0 spiro atoms. The molecule has 0 radical (unpaired) electrons. The maximum absolute atomic E-state index is 11.8. The molecule has 0 fully saturated rings. The zero-order valence-electron chi connectivity index (χ0n) is 12.8. The van der Waals surface area contributed by atoms with Crippen LogP contribution in [-0.2, 0) is 4.74 Å². The highest BCUT2D eigenvalue weighted by Gasteiger charge is 2.08. The van der Waals surface area contributed by atoms with E-state index < -0.39 is 0 Å². The molecular formula is C17H20N2O3. The Hall–Kier alpha value is -2.53. The monoisotopic (exact) mass is 300 g/mol. The van der Waals surface area contributed by atoms with E-state index in [0.29, 0.717) is 24.6 Å². The topological polar surface area (TPSA) is 59.6 Å². The molecule has 116 valence electrons. The van der Waals surface area contributed by atoms with Gasteiger partial charge < -0.3 is 20.1 Å². The first-order chi connectivity index (χ1) is 10.7. The largest absolute Gasteiger partial charge is 0.455 e. The number of carbonyl (C=O) groups is 1. The average molecular weight is 300 g/mol. The number of carbonyl (C=O) groups excluding carboxylic acids is 1. The van der Waals surface area contributed by atoms with Crippen LogP contribution in [0.1, 0.15) is 5.56 Å². The Morgan fingerprint density at radius 3 is 2.45 bits per heavy atom. The van der Waals surface area contributed by atoms with Crippen molar-refractivity contribution >= 4 is 11.7 Å². The number of ether oxygens (including phenoxy) is 2. The molecule has 0 aliphatic carbocycles. The summed E-state index contributed by atoms with van der Waals surface area (Å²) in [4.78, 5) is 11.8. The summed E-state index contributed by atoms with van der Waals surface area (Å²) in [5.74, 6) is 1.36. The number of amides is 2. The smallest absolute Gasteiger partial charge is 0.319 e. The third kappa shape index (κ3) is 4.49. The summed E-state index contributed by atoms with van der Waals surface area (Å²) in [6.45, 7) is 2.89. The molecule has 2 amide bonds. The fourth-order valence-electron chi connectivity index (χ4n) is 1.88. The van der Waals surface area contributed by atoms with E-state index in [4.69, 9.17) is 9.47 Å². The summed E-state index contributed by atoms with van der Waals surface area (Å²) in [6.07, 6.45) is 0. The molecule has 0 aromatic heterocycles. The molecule has 0 atom stereocenters. The van der Waals surface area contributed by atoms with E-state index in [2.05, 4.69) is 10.6 Å². The molecule has 0 aliphatic rings. The molecule has 5 heteroatoms. The molecule has 2 aromatic carbocycles. The maximum atomic E-state index is 11.8. The van der Waals surface area contributed by atoms with Gasteiger partial charge in [-0.1, -0.05) is 30.3 Å². The second-order valence-electron chi connectivity index (χ2n) is 4.74. The number of aryl methyl sites for hydroxylation is 1.